The standard InChI is InChI=1S/C16H24O3/c1-3-9-16(2)10-14(15(11-17)19-16)18-12-13-7-5-4-6-8-13/h4-8,14-15,17H,3,9-12H2,1-2H3/t14-,15+,16-/m1/s1. The summed E-state index contributed by atoms with van der Waals surface area (Å²) in [6.45, 7) is 4.87. The Morgan fingerprint density at radius 3 is 2.74 bits per heavy atom. The molecule has 3 atom stereocenters. The first-order valence-corrected chi connectivity index (χ1v) is 7.11. The minimum Gasteiger partial charge on any atom is -0.394 e. The summed E-state index contributed by atoms with van der Waals surface area (Å²) < 4.78 is 11.9. The third-order valence-corrected chi connectivity index (χ3v) is 3.75. The first kappa shape index (κ1) is 14.5. The summed E-state index contributed by atoms with van der Waals surface area (Å²) in [5, 5.41) is 9.43. The molecule has 1 aromatic rings. The molecule has 3 nitrogen and oxygen atoms in total. The average Bonchev–Trinajstić information content (AvgIpc) is 2.74. The van der Waals surface area contributed by atoms with Crippen molar-refractivity contribution in [3.8, 4) is 0 Å². The van der Waals surface area contributed by atoms with Crippen LogP contribution in [-0.2, 0) is 16.1 Å². The van der Waals surface area contributed by atoms with Crippen LogP contribution in [0.25, 0.3) is 0 Å². The Hall–Kier alpha value is -0.900. The van der Waals surface area contributed by atoms with Gasteiger partial charge in [-0.3, -0.25) is 0 Å². The van der Waals surface area contributed by atoms with Crippen LogP contribution in [-0.4, -0.2) is 29.5 Å². The van der Waals surface area contributed by atoms with Gasteiger partial charge in [0.25, 0.3) is 0 Å². The van der Waals surface area contributed by atoms with E-state index in [9.17, 15) is 5.11 Å². The van der Waals surface area contributed by atoms with E-state index in [2.05, 4.69) is 26.0 Å². The number of hydrogen-bond donors (Lipinski definition) is 1. The zero-order chi connectivity index (χ0) is 13.7. The second-order valence-corrected chi connectivity index (χ2v) is 5.58. The number of ether oxygens (including phenoxy) is 2. The van der Waals surface area contributed by atoms with Gasteiger partial charge in [0.15, 0.2) is 0 Å². The maximum atomic E-state index is 9.43. The highest BCUT2D eigenvalue weighted by Gasteiger charge is 2.42. The van der Waals surface area contributed by atoms with Crippen LogP contribution in [0, 0.1) is 0 Å². The largest absolute Gasteiger partial charge is 0.394 e. The SMILES string of the molecule is CCC[C@]1(C)C[C@@H](OCc2ccccc2)[C@H](CO)O1. The Morgan fingerprint density at radius 1 is 1.37 bits per heavy atom. The van der Waals surface area contributed by atoms with Crippen LogP contribution in [0.4, 0.5) is 0 Å². The van der Waals surface area contributed by atoms with Crippen molar-refractivity contribution in [2.24, 2.45) is 0 Å². The number of rotatable bonds is 6. The molecule has 0 amide bonds. The van der Waals surface area contributed by atoms with Crippen molar-refractivity contribution in [3.63, 3.8) is 0 Å². The summed E-state index contributed by atoms with van der Waals surface area (Å²) in [4.78, 5) is 0. The third kappa shape index (κ3) is 3.78. The molecule has 1 saturated heterocycles. The Balaban J connectivity index is 1.92. The fraction of sp³-hybridized carbons (Fsp3) is 0.625. The third-order valence-electron chi connectivity index (χ3n) is 3.75. The molecule has 0 aliphatic carbocycles. The Labute approximate surface area is 115 Å². The Morgan fingerprint density at radius 2 is 2.11 bits per heavy atom. The molecular formula is C16H24O3. The molecule has 1 N–H and O–H groups in total. The number of benzene rings is 1. The maximum absolute atomic E-state index is 9.43. The van der Waals surface area contributed by atoms with Crippen molar-refractivity contribution in [2.75, 3.05) is 6.61 Å². The molecule has 0 radical (unpaired) electrons. The van der Waals surface area contributed by atoms with Crippen LogP contribution >= 0.6 is 0 Å². The number of aliphatic hydroxyl groups excluding tert-OH is 1. The normalized spacial score (nSPS) is 30.7. The van der Waals surface area contributed by atoms with Gasteiger partial charge in [-0.1, -0.05) is 43.7 Å². The molecule has 2 rings (SSSR count). The number of hydrogen-bond acceptors (Lipinski definition) is 3. The van der Waals surface area contributed by atoms with Gasteiger partial charge in [-0.15, -0.1) is 0 Å². The van der Waals surface area contributed by atoms with Gasteiger partial charge >= 0.3 is 0 Å². The van der Waals surface area contributed by atoms with Gasteiger partial charge in [0.05, 0.1) is 24.9 Å². The van der Waals surface area contributed by atoms with Crippen molar-refractivity contribution in [1.82, 2.24) is 0 Å². The van der Waals surface area contributed by atoms with E-state index in [1.807, 2.05) is 18.2 Å². The van der Waals surface area contributed by atoms with Crippen LogP contribution in [0.2, 0.25) is 0 Å². The first-order chi connectivity index (χ1) is 9.17. The van der Waals surface area contributed by atoms with E-state index in [0.717, 1.165) is 24.8 Å². The molecule has 1 aliphatic heterocycles. The molecule has 0 unspecified atom stereocenters. The summed E-state index contributed by atoms with van der Waals surface area (Å²) in [6, 6.07) is 10.1. The Bertz CT molecular complexity index is 379. The lowest BCUT2D eigenvalue weighted by Crippen LogP contribution is -2.28. The summed E-state index contributed by atoms with van der Waals surface area (Å²) >= 11 is 0. The fourth-order valence-corrected chi connectivity index (χ4v) is 2.83. The zero-order valence-electron chi connectivity index (χ0n) is 11.8. The second-order valence-electron chi connectivity index (χ2n) is 5.58. The van der Waals surface area contributed by atoms with Gasteiger partial charge in [0, 0.05) is 6.42 Å². The molecule has 0 spiro atoms. The molecule has 1 aromatic carbocycles. The maximum Gasteiger partial charge on any atom is 0.107 e. The summed E-state index contributed by atoms with van der Waals surface area (Å²) in [5.74, 6) is 0. The predicted octanol–water partition coefficient (Wildman–Crippen LogP) is 2.91. The molecule has 1 heterocycles. The van der Waals surface area contributed by atoms with E-state index in [1.165, 1.54) is 0 Å². The molecule has 19 heavy (non-hydrogen) atoms. The minimum absolute atomic E-state index is 0.0123. The van der Waals surface area contributed by atoms with Crippen LogP contribution in [0.5, 0.6) is 0 Å². The summed E-state index contributed by atoms with van der Waals surface area (Å²) in [5.41, 5.74) is 1.01. The number of aliphatic hydroxyl groups is 1. The quantitative estimate of drug-likeness (QED) is 0.858. The Kier molecular flexibility index (Phi) is 4.97. The van der Waals surface area contributed by atoms with Gasteiger partial charge in [0.1, 0.15) is 6.10 Å². The molecule has 3 heteroatoms. The van der Waals surface area contributed by atoms with Gasteiger partial charge < -0.3 is 14.6 Å². The predicted molar refractivity (Wildman–Crippen MR) is 74.9 cm³/mol. The first-order valence-electron chi connectivity index (χ1n) is 7.11. The molecule has 106 valence electrons. The topological polar surface area (TPSA) is 38.7 Å². The molecule has 1 fully saturated rings. The lowest BCUT2D eigenvalue weighted by Gasteiger charge is -2.23. The van der Waals surface area contributed by atoms with Crippen molar-refractivity contribution < 1.29 is 14.6 Å². The van der Waals surface area contributed by atoms with Crippen molar-refractivity contribution >= 4 is 0 Å². The van der Waals surface area contributed by atoms with Crippen molar-refractivity contribution in [1.29, 1.82) is 0 Å². The highest BCUT2D eigenvalue weighted by Crippen LogP contribution is 2.35. The lowest BCUT2D eigenvalue weighted by atomic mass is 9.95. The molecule has 0 saturated carbocycles. The summed E-state index contributed by atoms with van der Waals surface area (Å²) in [6.07, 6.45) is 2.75. The molecule has 0 bridgehead atoms. The van der Waals surface area contributed by atoms with E-state index >= 15 is 0 Å². The van der Waals surface area contributed by atoms with E-state index in [1.54, 1.807) is 0 Å². The van der Waals surface area contributed by atoms with E-state index in [4.69, 9.17) is 9.47 Å². The van der Waals surface area contributed by atoms with Crippen molar-refractivity contribution in [2.45, 2.75) is 57.5 Å². The van der Waals surface area contributed by atoms with Crippen molar-refractivity contribution in [3.05, 3.63) is 35.9 Å². The van der Waals surface area contributed by atoms with Gasteiger partial charge in [-0.25, -0.2) is 0 Å². The lowest BCUT2D eigenvalue weighted by molar-refractivity contribution is -0.0803. The van der Waals surface area contributed by atoms with Crippen LogP contribution in [0.3, 0.4) is 0 Å². The highest BCUT2D eigenvalue weighted by molar-refractivity contribution is 5.13. The zero-order valence-corrected chi connectivity index (χ0v) is 11.8. The van der Waals surface area contributed by atoms with E-state index < -0.39 is 0 Å². The monoisotopic (exact) mass is 264 g/mol. The fourth-order valence-electron chi connectivity index (χ4n) is 2.83. The minimum atomic E-state index is -0.194. The van der Waals surface area contributed by atoms with Crippen LogP contribution in [0.1, 0.15) is 38.7 Å². The molecule has 0 aromatic heterocycles. The van der Waals surface area contributed by atoms with E-state index in [0.29, 0.717) is 6.61 Å². The molecule has 1 aliphatic rings. The van der Waals surface area contributed by atoms with Crippen LogP contribution < -0.4 is 0 Å². The van der Waals surface area contributed by atoms with Crippen LogP contribution in [0.15, 0.2) is 30.3 Å². The average molecular weight is 264 g/mol. The summed E-state index contributed by atoms with van der Waals surface area (Å²) in [7, 11) is 0. The van der Waals surface area contributed by atoms with E-state index in [-0.39, 0.29) is 24.4 Å². The van der Waals surface area contributed by atoms with Gasteiger partial charge in [-0.2, -0.15) is 0 Å². The highest BCUT2D eigenvalue weighted by atomic mass is 16.6. The van der Waals surface area contributed by atoms with Gasteiger partial charge in [0.2, 0.25) is 0 Å². The molecular weight excluding hydrogens is 240 g/mol. The smallest absolute Gasteiger partial charge is 0.107 e. The van der Waals surface area contributed by atoms with Gasteiger partial charge in [-0.05, 0) is 18.9 Å². The second kappa shape index (κ2) is 6.51.